The molecule has 4 nitrogen and oxygen atoms in total. The number of fused-ring (bicyclic) bond motifs is 2. The molecule has 0 radical (unpaired) electrons. The SMILES string of the molecule is c1cnc2sc(CN3CCc4nc(C5CCCCC5)ncc4C3)cc2c1. The van der Waals surface area contributed by atoms with E-state index in [2.05, 4.69) is 28.2 Å². The molecule has 3 aromatic heterocycles. The predicted molar refractivity (Wildman–Crippen MR) is 105 cm³/mol. The van der Waals surface area contributed by atoms with Gasteiger partial charge < -0.3 is 0 Å². The van der Waals surface area contributed by atoms with Crippen LogP contribution in [0.5, 0.6) is 0 Å². The lowest BCUT2D eigenvalue weighted by Gasteiger charge is -2.28. The molecule has 0 aromatic carbocycles. The maximum atomic E-state index is 4.97. The fourth-order valence-corrected chi connectivity index (χ4v) is 5.35. The minimum atomic E-state index is 0.595. The van der Waals surface area contributed by atoms with Crippen LogP contribution in [0.25, 0.3) is 10.2 Å². The lowest BCUT2D eigenvalue weighted by Crippen LogP contribution is -2.31. The van der Waals surface area contributed by atoms with Gasteiger partial charge in [-0.25, -0.2) is 15.0 Å². The average Bonchev–Trinajstić information content (AvgIpc) is 3.10. The molecule has 1 fully saturated rings. The monoisotopic (exact) mass is 364 g/mol. The van der Waals surface area contributed by atoms with E-state index in [1.807, 2.05) is 23.6 Å². The van der Waals surface area contributed by atoms with E-state index in [-0.39, 0.29) is 0 Å². The Bertz CT molecular complexity index is 880. The summed E-state index contributed by atoms with van der Waals surface area (Å²) in [5, 5.41) is 1.25. The molecule has 0 bridgehead atoms. The van der Waals surface area contributed by atoms with Crippen molar-refractivity contribution in [3.8, 4) is 0 Å². The number of thiophene rings is 1. The van der Waals surface area contributed by atoms with E-state index in [1.165, 1.54) is 53.6 Å². The first-order valence-electron chi connectivity index (χ1n) is 9.75. The Morgan fingerprint density at radius 1 is 1.15 bits per heavy atom. The summed E-state index contributed by atoms with van der Waals surface area (Å²) in [6, 6.07) is 6.44. The van der Waals surface area contributed by atoms with E-state index in [0.717, 1.165) is 36.7 Å². The third-order valence-electron chi connectivity index (χ3n) is 5.73. The molecule has 0 unspecified atom stereocenters. The zero-order chi connectivity index (χ0) is 17.3. The molecule has 1 aliphatic carbocycles. The Kier molecular flexibility index (Phi) is 4.43. The van der Waals surface area contributed by atoms with Crippen molar-refractivity contribution >= 4 is 21.6 Å². The highest BCUT2D eigenvalue weighted by molar-refractivity contribution is 7.18. The van der Waals surface area contributed by atoms with Gasteiger partial charge in [0.2, 0.25) is 0 Å². The average molecular weight is 365 g/mol. The normalized spacial score (nSPS) is 18.9. The van der Waals surface area contributed by atoms with Gasteiger partial charge in [-0.05, 0) is 25.0 Å². The fraction of sp³-hybridized carbons (Fsp3) is 0.476. The summed E-state index contributed by atoms with van der Waals surface area (Å²) < 4.78 is 0. The number of nitrogens with zero attached hydrogens (tertiary/aromatic N) is 4. The molecule has 5 heteroatoms. The summed E-state index contributed by atoms with van der Waals surface area (Å²) in [7, 11) is 0. The minimum Gasteiger partial charge on any atom is -0.293 e. The van der Waals surface area contributed by atoms with E-state index >= 15 is 0 Å². The highest BCUT2D eigenvalue weighted by Crippen LogP contribution is 2.32. The van der Waals surface area contributed by atoms with Crippen molar-refractivity contribution < 1.29 is 0 Å². The van der Waals surface area contributed by atoms with E-state index in [0.29, 0.717) is 5.92 Å². The van der Waals surface area contributed by atoms with Crippen LogP contribution in [-0.2, 0) is 19.5 Å². The number of hydrogen-bond donors (Lipinski definition) is 0. The van der Waals surface area contributed by atoms with Crippen LogP contribution in [0.1, 0.15) is 60.0 Å². The molecule has 134 valence electrons. The summed E-state index contributed by atoms with van der Waals surface area (Å²) in [6.45, 7) is 3.03. The van der Waals surface area contributed by atoms with E-state index in [1.54, 1.807) is 0 Å². The molecule has 1 saturated carbocycles. The van der Waals surface area contributed by atoms with Gasteiger partial charge >= 0.3 is 0 Å². The molecule has 0 atom stereocenters. The first-order valence-corrected chi connectivity index (χ1v) is 10.6. The highest BCUT2D eigenvalue weighted by atomic mass is 32.1. The third kappa shape index (κ3) is 3.26. The van der Waals surface area contributed by atoms with E-state index in [9.17, 15) is 0 Å². The van der Waals surface area contributed by atoms with Gasteiger partial charge in [-0.1, -0.05) is 25.3 Å². The zero-order valence-electron chi connectivity index (χ0n) is 15.0. The minimum absolute atomic E-state index is 0.595. The van der Waals surface area contributed by atoms with Gasteiger partial charge in [0.25, 0.3) is 0 Å². The maximum Gasteiger partial charge on any atom is 0.131 e. The van der Waals surface area contributed by atoms with Gasteiger partial charge in [-0.3, -0.25) is 4.90 Å². The number of hydrogen-bond acceptors (Lipinski definition) is 5. The first kappa shape index (κ1) is 16.3. The Morgan fingerprint density at radius 2 is 2.08 bits per heavy atom. The number of aromatic nitrogens is 3. The zero-order valence-corrected chi connectivity index (χ0v) is 15.8. The second kappa shape index (κ2) is 7.05. The summed E-state index contributed by atoms with van der Waals surface area (Å²) in [5.41, 5.74) is 2.60. The van der Waals surface area contributed by atoms with Crippen molar-refractivity contribution in [1.29, 1.82) is 0 Å². The maximum absolute atomic E-state index is 4.97. The van der Waals surface area contributed by atoms with Gasteiger partial charge in [0.15, 0.2) is 0 Å². The van der Waals surface area contributed by atoms with Crippen LogP contribution in [-0.4, -0.2) is 26.4 Å². The van der Waals surface area contributed by atoms with E-state index < -0.39 is 0 Å². The molecular weight excluding hydrogens is 340 g/mol. The van der Waals surface area contributed by atoms with Gasteiger partial charge in [0, 0.05) is 65.9 Å². The van der Waals surface area contributed by atoms with Crippen molar-refractivity contribution in [2.45, 2.75) is 57.5 Å². The van der Waals surface area contributed by atoms with Crippen LogP contribution in [0.2, 0.25) is 0 Å². The second-order valence-corrected chi connectivity index (χ2v) is 8.72. The molecular formula is C21H24N4S. The van der Waals surface area contributed by atoms with Crippen LogP contribution >= 0.6 is 11.3 Å². The second-order valence-electron chi connectivity index (χ2n) is 7.61. The van der Waals surface area contributed by atoms with Gasteiger partial charge in [0.1, 0.15) is 10.7 Å². The van der Waals surface area contributed by atoms with Crippen LogP contribution in [0.3, 0.4) is 0 Å². The molecule has 26 heavy (non-hydrogen) atoms. The Labute approximate surface area is 158 Å². The molecule has 4 heterocycles. The van der Waals surface area contributed by atoms with Crippen molar-refractivity contribution in [1.82, 2.24) is 19.9 Å². The lowest BCUT2D eigenvalue weighted by atomic mass is 9.88. The largest absolute Gasteiger partial charge is 0.293 e. The van der Waals surface area contributed by atoms with Crippen molar-refractivity contribution in [3.63, 3.8) is 0 Å². The molecule has 0 spiro atoms. The summed E-state index contributed by atoms with van der Waals surface area (Å²) in [4.78, 5) is 19.2. The standard InChI is InChI=1S/C21H24N4S/c1-2-5-15(6-3-1)20-23-12-17-13-25(10-8-19(17)24-20)14-18-11-16-7-4-9-22-21(16)26-18/h4,7,9,11-12,15H,1-3,5-6,8,10,13-14H2. The number of pyridine rings is 1. The van der Waals surface area contributed by atoms with Gasteiger partial charge in [0.05, 0.1) is 0 Å². The third-order valence-corrected chi connectivity index (χ3v) is 6.77. The van der Waals surface area contributed by atoms with Crippen LogP contribution in [0.15, 0.2) is 30.6 Å². The first-order chi connectivity index (χ1) is 12.8. The molecule has 2 aliphatic rings. The van der Waals surface area contributed by atoms with Crippen molar-refractivity contribution in [2.24, 2.45) is 0 Å². The Balaban J connectivity index is 1.30. The summed E-state index contributed by atoms with van der Waals surface area (Å²) in [6.07, 6.45) is 11.6. The lowest BCUT2D eigenvalue weighted by molar-refractivity contribution is 0.244. The van der Waals surface area contributed by atoms with Crippen molar-refractivity contribution in [2.75, 3.05) is 6.54 Å². The molecule has 0 saturated heterocycles. The molecule has 1 aliphatic heterocycles. The highest BCUT2D eigenvalue weighted by Gasteiger charge is 2.23. The Hall–Kier alpha value is -1.85. The quantitative estimate of drug-likeness (QED) is 0.676. The summed E-state index contributed by atoms with van der Waals surface area (Å²) >= 11 is 1.81. The topological polar surface area (TPSA) is 41.9 Å². The van der Waals surface area contributed by atoms with E-state index in [4.69, 9.17) is 9.97 Å². The predicted octanol–water partition coefficient (Wildman–Crippen LogP) is 4.69. The number of rotatable bonds is 3. The van der Waals surface area contributed by atoms with Crippen molar-refractivity contribution in [3.05, 3.63) is 52.6 Å². The van der Waals surface area contributed by atoms with Gasteiger partial charge in [-0.15, -0.1) is 11.3 Å². The fourth-order valence-electron chi connectivity index (χ4n) is 4.31. The Morgan fingerprint density at radius 3 is 2.96 bits per heavy atom. The van der Waals surface area contributed by atoms with Crippen LogP contribution in [0.4, 0.5) is 0 Å². The molecule has 5 rings (SSSR count). The van der Waals surface area contributed by atoms with Gasteiger partial charge in [-0.2, -0.15) is 0 Å². The molecule has 0 N–H and O–H groups in total. The van der Waals surface area contributed by atoms with Crippen LogP contribution in [0, 0.1) is 0 Å². The molecule has 0 amide bonds. The van der Waals surface area contributed by atoms with Crippen LogP contribution < -0.4 is 0 Å². The molecule has 3 aromatic rings. The smallest absolute Gasteiger partial charge is 0.131 e. The summed E-state index contributed by atoms with van der Waals surface area (Å²) in [5.74, 6) is 1.70.